The Balaban J connectivity index is 0.000000176. The van der Waals surface area contributed by atoms with E-state index in [9.17, 15) is 0 Å². The molecule has 0 unspecified atom stereocenters. The van der Waals surface area contributed by atoms with Crippen LogP contribution in [0.15, 0.2) is 109 Å². The molecule has 0 aliphatic carbocycles. The summed E-state index contributed by atoms with van der Waals surface area (Å²) < 4.78 is 0. The van der Waals surface area contributed by atoms with Crippen molar-refractivity contribution in [2.45, 2.75) is 52.4 Å². The van der Waals surface area contributed by atoms with Crippen LogP contribution in [0.3, 0.4) is 0 Å². The summed E-state index contributed by atoms with van der Waals surface area (Å²) >= 11 is 0. The Morgan fingerprint density at radius 2 is 0.923 bits per heavy atom. The second kappa shape index (κ2) is 11.5. The second-order valence-electron chi connectivity index (χ2n) is 12.0. The van der Waals surface area contributed by atoms with E-state index in [-0.39, 0.29) is 37.0 Å². The van der Waals surface area contributed by atoms with Crippen molar-refractivity contribution in [1.29, 1.82) is 0 Å². The first-order chi connectivity index (χ1) is 18.1. The fourth-order valence-electron chi connectivity index (χ4n) is 5.14. The van der Waals surface area contributed by atoms with Crippen molar-refractivity contribution in [2.75, 3.05) is 0 Å². The molecule has 0 N–H and O–H groups in total. The zero-order valence-corrected chi connectivity index (χ0v) is 26.2. The summed E-state index contributed by atoms with van der Waals surface area (Å²) in [5.74, 6) is 0. The molecule has 2 heterocycles. The maximum Gasteiger partial charge on any atom is 2.00 e. The van der Waals surface area contributed by atoms with Crippen molar-refractivity contribution in [3.63, 3.8) is 0 Å². The van der Waals surface area contributed by atoms with Crippen LogP contribution in [0.25, 0.3) is 44.1 Å². The number of aromatic nitrogens is 2. The maximum absolute atomic E-state index is 4.44. The smallest absolute Gasteiger partial charge is 0.295 e. The summed E-state index contributed by atoms with van der Waals surface area (Å²) in [7, 11) is 0. The van der Waals surface area contributed by atoms with Gasteiger partial charge in [0.05, 0.1) is 0 Å². The Morgan fingerprint density at radius 1 is 0.513 bits per heavy atom. The molecule has 0 bridgehead atoms. The van der Waals surface area contributed by atoms with Crippen LogP contribution in [0, 0.1) is 0 Å². The van der Waals surface area contributed by atoms with E-state index in [1.807, 2.05) is 36.7 Å². The molecule has 2 aromatic heterocycles. The molecule has 0 amide bonds. The Hall–Kier alpha value is -3.16. The molecule has 194 valence electrons. The predicted molar refractivity (Wildman–Crippen MR) is 163 cm³/mol. The first-order valence-electron chi connectivity index (χ1n) is 13.3. The molecule has 0 aliphatic rings. The van der Waals surface area contributed by atoms with Crippen LogP contribution < -0.4 is 0 Å². The van der Waals surface area contributed by atoms with Gasteiger partial charge in [-0.2, -0.15) is 0 Å². The second-order valence-corrected chi connectivity index (χ2v) is 12.0. The summed E-state index contributed by atoms with van der Waals surface area (Å²) in [4.78, 5) is 8.87. The molecule has 0 saturated carbocycles. The van der Waals surface area contributed by atoms with E-state index >= 15 is 0 Å². The third-order valence-electron chi connectivity index (χ3n) is 7.04. The van der Waals surface area contributed by atoms with Gasteiger partial charge in [-0.15, -0.1) is 69.1 Å². The number of hydrogen-bond donors (Lipinski definition) is 0. The molecular formula is C36H36N2Zr. The number of rotatable bonds is 2. The summed E-state index contributed by atoms with van der Waals surface area (Å²) in [6.07, 6.45) is 3.69. The van der Waals surface area contributed by atoms with E-state index in [4.69, 9.17) is 0 Å². The van der Waals surface area contributed by atoms with Crippen LogP contribution >= 0.6 is 0 Å². The Kier molecular flexibility index (Phi) is 8.52. The molecule has 0 fully saturated rings. The molecule has 3 heteroatoms. The van der Waals surface area contributed by atoms with Crippen molar-refractivity contribution in [3.8, 4) is 22.5 Å². The SMILES string of the molecule is CC(C)(C)c1cccc2[cH-]c(-c3ccccn3)cc12.CC(C)(C)c1cccc2[cH-]c(-c3ccccn3)cc12.[Zr+2]. The van der Waals surface area contributed by atoms with E-state index in [0.717, 1.165) is 11.4 Å². The molecular weight excluding hydrogens is 552 g/mol. The minimum atomic E-state index is 0. The van der Waals surface area contributed by atoms with E-state index < -0.39 is 0 Å². The molecule has 6 rings (SSSR count). The van der Waals surface area contributed by atoms with Crippen molar-refractivity contribution in [3.05, 3.63) is 121 Å². The third kappa shape index (κ3) is 6.36. The number of nitrogens with zero attached hydrogens (tertiary/aromatic N) is 2. The van der Waals surface area contributed by atoms with Crippen LogP contribution in [0.5, 0.6) is 0 Å². The quantitative estimate of drug-likeness (QED) is 0.188. The minimum Gasteiger partial charge on any atom is -0.295 e. The van der Waals surface area contributed by atoms with Gasteiger partial charge in [-0.25, -0.2) is 0 Å². The van der Waals surface area contributed by atoms with Gasteiger partial charge in [-0.3, -0.25) is 9.97 Å². The van der Waals surface area contributed by atoms with Crippen molar-refractivity contribution >= 4 is 21.5 Å². The topological polar surface area (TPSA) is 25.8 Å². The molecule has 39 heavy (non-hydrogen) atoms. The molecule has 0 atom stereocenters. The van der Waals surface area contributed by atoms with Crippen molar-refractivity contribution in [1.82, 2.24) is 9.97 Å². The first-order valence-corrected chi connectivity index (χ1v) is 13.3. The maximum atomic E-state index is 4.44. The Morgan fingerprint density at radius 3 is 1.26 bits per heavy atom. The van der Waals surface area contributed by atoms with Gasteiger partial charge in [0.2, 0.25) is 0 Å². The van der Waals surface area contributed by atoms with Gasteiger partial charge in [0.1, 0.15) is 0 Å². The summed E-state index contributed by atoms with van der Waals surface area (Å²) in [6.45, 7) is 13.6. The van der Waals surface area contributed by atoms with E-state index in [1.165, 1.54) is 43.8 Å². The average molecular weight is 588 g/mol. The molecule has 0 radical (unpaired) electrons. The standard InChI is InChI=1S/2C18H18N.Zr/c2*1-18(2,3)16-8-6-7-13-11-14(12-15(13)16)17-9-4-5-10-19-17;/h2*4-12H,1-3H3;/q2*-1;+2. The molecule has 0 saturated heterocycles. The summed E-state index contributed by atoms with van der Waals surface area (Å²) in [5.41, 5.74) is 7.60. The van der Waals surface area contributed by atoms with Gasteiger partial charge in [0, 0.05) is 23.8 Å². The zero-order valence-electron chi connectivity index (χ0n) is 23.8. The monoisotopic (exact) mass is 586 g/mol. The number of fused-ring (bicyclic) bond motifs is 2. The fraction of sp³-hybridized carbons (Fsp3) is 0.222. The van der Waals surface area contributed by atoms with E-state index in [2.05, 4.69) is 124 Å². The van der Waals surface area contributed by atoms with Crippen LogP contribution in [0.4, 0.5) is 0 Å². The summed E-state index contributed by atoms with van der Waals surface area (Å²) in [6, 6.07) is 34.2. The van der Waals surface area contributed by atoms with Gasteiger partial charge in [-0.1, -0.05) is 101 Å². The molecule has 2 nitrogen and oxygen atoms in total. The van der Waals surface area contributed by atoms with Crippen molar-refractivity contribution < 1.29 is 26.2 Å². The molecule has 4 aromatic carbocycles. The summed E-state index contributed by atoms with van der Waals surface area (Å²) in [5, 5.41) is 5.28. The zero-order chi connectivity index (χ0) is 26.9. The normalized spacial score (nSPS) is 11.6. The fourth-order valence-corrected chi connectivity index (χ4v) is 5.14. The van der Waals surface area contributed by atoms with Crippen LogP contribution in [-0.2, 0) is 37.0 Å². The predicted octanol–water partition coefficient (Wildman–Crippen LogP) is 9.83. The minimum absolute atomic E-state index is 0. The van der Waals surface area contributed by atoms with E-state index in [1.54, 1.807) is 0 Å². The third-order valence-corrected chi connectivity index (χ3v) is 7.04. The number of benzene rings is 2. The Labute approximate surface area is 252 Å². The largest absolute Gasteiger partial charge is 2.00 e. The van der Waals surface area contributed by atoms with Crippen molar-refractivity contribution in [2.24, 2.45) is 0 Å². The van der Waals surface area contributed by atoms with Gasteiger partial charge in [-0.05, 0) is 23.0 Å². The first kappa shape index (κ1) is 28.8. The van der Waals surface area contributed by atoms with Crippen LogP contribution in [0.2, 0.25) is 0 Å². The van der Waals surface area contributed by atoms with Gasteiger partial charge in [0.25, 0.3) is 0 Å². The van der Waals surface area contributed by atoms with Gasteiger partial charge < -0.3 is 0 Å². The molecule has 0 spiro atoms. The molecule has 0 aliphatic heterocycles. The average Bonchev–Trinajstić information content (AvgIpc) is 3.53. The van der Waals surface area contributed by atoms with E-state index in [0.29, 0.717) is 0 Å². The number of pyridine rings is 2. The van der Waals surface area contributed by atoms with Gasteiger partial charge >= 0.3 is 26.2 Å². The molecule has 6 aromatic rings. The van der Waals surface area contributed by atoms with Crippen LogP contribution in [-0.4, -0.2) is 9.97 Å². The number of hydrogen-bond acceptors (Lipinski definition) is 2. The van der Waals surface area contributed by atoms with Gasteiger partial charge in [0.15, 0.2) is 0 Å². The van der Waals surface area contributed by atoms with Crippen LogP contribution in [0.1, 0.15) is 52.7 Å². The Bertz CT molecular complexity index is 1530.